The summed E-state index contributed by atoms with van der Waals surface area (Å²) in [5, 5.41) is 0. The molecule has 5 nitrogen and oxygen atoms in total. The van der Waals surface area contributed by atoms with E-state index in [0.29, 0.717) is 18.9 Å². The van der Waals surface area contributed by atoms with Crippen molar-refractivity contribution in [3.63, 3.8) is 0 Å². The van der Waals surface area contributed by atoms with Crippen molar-refractivity contribution in [3.8, 4) is 17.2 Å². The maximum absolute atomic E-state index is 5.93. The third-order valence-corrected chi connectivity index (χ3v) is 3.45. The van der Waals surface area contributed by atoms with Gasteiger partial charge in [0.2, 0.25) is 6.79 Å². The molecule has 3 rings (SSSR count). The van der Waals surface area contributed by atoms with Crippen LogP contribution >= 0.6 is 0 Å². The van der Waals surface area contributed by atoms with Crippen LogP contribution in [0.5, 0.6) is 17.2 Å². The first-order valence-electron chi connectivity index (χ1n) is 6.94. The molecule has 2 aromatic rings. The maximum Gasteiger partial charge on any atom is 0.231 e. The number of pyridine rings is 1. The molecule has 0 amide bonds. The second-order valence-electron chi connectivity index (χ2n) is 4.91. The van der Waals surface area contributed by atoms with Crippen molar-refractivity contribution >= 4 is 0 Å². The van der Waals surface area contributed by atoms with Crippen LogP contribution in [-0.4, -0.2) is 18.3 Å². The predicted octanol–water partition coefficient (Wildman–Crippen LogP) is 2.20. The topological polar surface area (TPSA) is 66.6 Å². The molecule has 0 fully saturated rings. The molecule has 2 N–H and O–H groups in total. The van der Waals surface area contributed by atoms with E-state index in [4.69, 9.17) is 19.9 Å². The molecular weight excluding hydrogens is 268 g/mol. The zero-order chi connectivity index (χ0) is 14.7. The fraction of sp³-hybridized carbons (Fsp3) is 0.312. The summed E-state index contributed by atoms with van der Waals surface area (Å²) >= 11 is 0. The van der Waals surface area contributed by atoms with Crippen LogP contribution in [0.25, 0.3) is 0 Å². The van der Waals surface area contributed by atoms with Crippen LogP contribution in [0.2, 0.25) is 0 Å². The molecule has 0 bridgehead atoms. The third kappa shape index (κ3) is 2.92. The Morgan fingerprint density at radius 2 is 2.10 bits per heavy atom. The van der Waals surface area contributed by atoms with Gasteiger partial charge < -0.3 is 19.9 Å². The van der Waals surface area contributed by atoms with E-state index >= 15 is 0 Å². The molecular formula is C16H18N2O3. The standard InChI is InChI=1S/C16H18N2O3/c1-11-3-2-6-18-13(11)9-19-14-8-16-15(20-10-21-16)7-12(14)4-5-17/h2-3,6-8H,4-5,9-10,17H2,1H3. The number of hydrogen-bond donors (Lipinski definition) is 1. The average Bonchev–Trinajstić information content (AvgIpc) is 2.94. The monoisotopic (exact) mass is 286 g/mol. The van der Waals surface area contributed by atoms with Gasteiger partial charge in [-0.25, -0.2) is 0 Å². The van der Waals surface area contributed by atoms with Crippen molar-refractivity contribution in [2.45, 2.75) is 20.0 Å². The number of hydrogen-bond acceptors (Lipinski definition) is 5. The lowest BCUT2D eigenvalue weighted by atomic mass is 10.1. The van der Waals surface area contributed by atoms with E-state index in [2.05, 4.69) is 4.98 Å². The van der Waals surface area contributed by atoms with Crippen molar-refractivity contribution in [1.82, 2.24) is 4.98 Å². The average molecular weight is 286 g/mol. The van der Waals surface area contributed by atoms with Crippen LogP contribution in [0.4, 0.5) is 0 Å². The fourth-order valence-corrected chi connectivity index (χ4v) is 2.27. The van der Waals surface area contributed by atoms with Gasteiger partial charge in [0.1, 0.15) is 12.4 Å². The van der Waals surface area contributed by atoms with E-state index in [1.807, 2.05) is 31.2 Å². The summed E-state index contributed by atoms with van der Waals surface area (Å²) in [4.78, 5) is 4.34. The van der Waals surface area contributed by atoms with Gasteiger partial charge in [-0.2, -0.15) is 0 Å². The Bertz CT molecular complexity index is 643. The number of fused-ring (bicyclic) bond motifs is 1. The predicted molar refractivity (Wildman–Crippen MR) is 78.6 cm³/mol. The van der Waals surface area contributed by atoms with Gasteiger partial charge >= 0.3 is 0 Å². The highest BCUT2D eigenvalue weighted by molar-refractivity contribution is 5.52. The molecule has 5 heteroatoms. The number of benzene rings is 1. The lowest BCUT2D eigenvalue weighted by Crippen LogP contribution is -2.06. The molecule has 1 aromatic heterocycles. The first-order valence-corrected chi connectivity index (χ1v) is 6.94. The van der Waals surface area contributed by atoms with Crippen molar-refractivity contribution in [3.05, 3.63) is 47.3 Å². The summed E-state index contributed by atoms with van der Waals surface area (Å²) in [6.07, 6.45) is 2.50. The Labute approximate surface area is 123 Å². The molecule has 0 saturated heterocycles. The fourth-order valence-electron chi connectivity index (χ4n) is 2.27. The Kier molecular flexibility index (Phi) is 3.92. The van der Waals surface area contributed by atoms with Gasteiger partial charge in [-0.15, -0.1) is 0 Å². The van der Waals surface area contributed by atoms with Gasteiger partial charge in [0, 0.05) is 12.3 Å². The van der Waals surface area contributed by atoms with Crippen molar-refractivity contribution in [1.29, 1.82) is 0 Å². The van der Waals surface area contributed by atoms with Gasteiger partial charge in [-0.1, -0.05) is 6.07 Å². The SMILES string of the molecule is Cc1cccnc1COc1cc2c(cc1CCN)OCO2. The van der Waals surface area contributed by atoms with Gasteiger partial charge in [-0.05, 0) is 43.1 Å². The highest BCUT2D eigenvalue weighted by Crippen LogP contribution is 2.38. The van der Waals surface area contributed by atoms with E-state index in [0.717, 1.165) is 34.7 Å². The lowest BCUT2D eigenvalue weighted by molar-refractivity contribution is 0.173. The molecule has 1 aliphatic heterocycles. The van der Waals surface area contributed by atoms with Crippen molar-refractivity contribution in [2.24, 2.45) is 5.73 Å². The minimum absolute atomic E-state index is 0.250. The largest absolute Gasteiger partial charge is 0.487 e. The molecule has 0 saturated carbocycles. The van der Waals surface area contributed by atoms with Gasteiger partial charge in [0.05, 0.1) is 5.69 Å². The van der Waals surface area contributed by atoms with Crippen LogP contribution in [0.3, 0.4) is 0 Å². The van der Waals surface area contributed by atoms with E-state index in [-0.39, 0.29) is 6.79 Å². The summed E-state index contributed by atoms with van der Waals surface area (Å²) in [6.45, 7) is 3.24. The third-order valence-electron chi connectivity index (χ3n) is 3.45. The molecule has 1 aliphatic rings. The first kappa shape index (κ1) is 13.7. The Morgan fingerprint density at radius 3 is 2.86 bits per heavy atom. The molecule has 110 valence electrons. The molecule has 2 heterocycles. The van der Waals surface area contributed by atoms with Gasteiger partial charge in [-0.3, -0.25) is 4.98 Å². The van der Waals surface area contributed by atoms with Crippen LogP contribution in [0, 0.1) is 6.92 Å². The quantitative estimate of drug-likeness (QED) is 0.912. The lowest BCUT2D eigenvalue weighted by Gasteiger charge is -2.13. The number of rotatable bonds is 5. The summed E-state index contributed by atoms with van der Waals surface area (Å²) in [5.74, 6) is 2.23. The van der Waals surface area contributed by atoms with E-state index in [1.165, 1.54) is 0 Å². The van der Waals surface area contributed by atoms with Crippen LogP contribution in [-0.2, 0) is 13.0 Å². The van der Waals surface area contributed by atoms with E-state index < -0.39 is 0 Å². The molecule has 0 radical (unpaired) electrons. The number of aromatic nitrogens is 1. The van der Waals surface area contributed by atoms with Crippen molar-refractivity contribution < 1.29 is 14.2 Å². The Morgan fingerprint density at radius 1 is 1.29 bits per heavy atom. The Balaban J connectivity index is 1.82. The highest BCUT2D eigenvalue weighted by atomic mass is 16.7. The van der Waals surface area contributed by atoms with Crippen molar-refractivity contribution in [2.75, 3.05) is 13.3 Å². The summed E-state index contributed by atoms with van der Waals surface area (Å²) < 4.78 is 16.7. The summed E-state index contributed by atoms with van der Waals surface area (Å²) in [7, 11) is 0. The minimum Gasteiger partial charge on any atom is -0.487 e. The van der Waals surface area contributed by atoms with Crippen LogP contribution in [0.15, 0.2) is 30.5 Å². The second-order valence-corrected chi connectivity index (χ2v) is 4.91. The zero-order valence-electron chi connectivity index (χ0n) is 12.0. The zero-order valence-corrected chi connectivity index (χ0v) is 12.0. The number of nitrogens with zero attached hydrogens (tertiary/aromatic N) is 1. The van der Waals surface area contributed by atoms with Gasteiger partial charge in [0.25, 0.3) is 0 Å². The van der Waals surface area contributed by atoms with E-state index in [1.54, 1.807) is 6.20 Å². The molecule has 0 unspecified atom stereocenters. The van der Waals surface area contributed by atoms with Crippen LogP contribution in [0.1, 0.15) is 16.8 Å². The first-order chi connectivity index (χ1) is 10.3. The molecule has 0 atom stereocenters. The van der Waals surface area contributed by atoms with Gasteiger partial charge in [0.15, 0.2) is 11.5 Å². The Hall–Kier alpha value is -2.27. The summed E-state index contributed by atoms with van der Waals surface area (Å²) in [5.41, 5.74) is 8.72. The number of ether oxygens (including phenoxy) is 3. The number of nitrogens with two attached hydrogens (primary N) is 1. The second kappa shape index (κ2) is 6.01. The molecule has 21 heavy (non-hydrogen) atoms. The molecule has 0 spiro atoms. The molecule has 1 aromatic carbocycles. The normalized spacial score (nSPS) is 12.5. The smallest absolute Gasteiger partial charge is 0.231 e. The number of aryl methyl sites for hydroxylation is 1. The molecule has 0 aliphatic carbocycles. The maximum atomic E-state index is 5.93. The summed E-state index contributed by atoms with van der Waals surface area (Å²) in [6, 6.07) is 7.74. The highest BCUT2D eigenvalue weighted by Gasteiger charge is 2.18. The van der Waals surface area contributed by atoms with E-state index in [9.17, 15) is 0 Å². The minimum atomic E-state index is 0.250. The van der Waals surface area contributed by atoms with Crippen LogP contribution < -0.4 is 19.9 Å².